The molecule has 2 N–H and O–H groups in total. The number of amides is 1. The summed E-state index contributed by atoms with van der Waals surface area (Å²) in [6.07, 6.45) is 2.67. The van der Waals surface area contributed by atoms with E-state index in [4.69, 9.17) is 9.84 Å². The van der Waals surface area contributed by atoms with E-state index in [9.17, 15) is 9.59 Å². The minimum absolute atomic E-state index is 0.0956. The molecule has 0 radical (unpaired) electrons. The molecule has 0 aliphatic carbocycles. The number of benzene rings is 2. The molecule has 0 spiro atoms. The lowest BCUT2D eigenvalue weighted by atomic mass is 9.85. The molecule has 0 fully saturated rings. The zero-order valence-corrected chi connectivity index (χ0v) is 23.6. The summed E-state index contributed by atoms with van der Waals surface area (Å²) in [5.74, 6) is -0.356. The van der Waals surface area contributed by atoms with Crippen LogP contribution in [0.3, 0.4) is 0 Å². The number of ether oxygens (including phenoxy) is 1. The van der Waals surface area contributed by atoms with Gasteiger partial charge in [0.15, 0.2) is 0 Å². The van der Waals surface area contributed by atoms with E-state index in [1.54, 1.807) is 6.07 Å². The van der Waals surface area contributed by atoms with Gasteiger partial charge in [-0.15, -0.1) is 11.3 Å². The van der Waals surface area contributed by atoms with Crippen molar-refractivity contribution in [3.8, 4) is 16.9 Å². The molecule has 5 nitrogen and oxygen atoms in total. The van der Waals surface area contributed by atoms with Crippen molar-refractivity contribution in [2.24, 2.45) is 0 Å². The van der Waals surface area contributed by atoms with Crippen LogP contribution >= 0.6 is 11.3 Å². The number of carboxylic acid groups (broad SMARTS) is 1. The third-order valence-corrected chi connectivity index (χ3v) is 7.61. The Labute approximate surface area is 224 Å². The number of unbranched alkanes of at least 4 members (excludes halogenated alkanes) is 1. The molecule has 2 aromatic carbocycles. The second kappa shape index (κ2) is 12.4. The van der Waals surface area contributed by atoms with Crippen molar-refractivity contribution >= 4 is 23.2 Å². The van der Waals surface area contributed by atoms with Gasteiger partial charge in [-0.2, -0.15) is 0 Å². The van der Waals surface area contributed by atoms with Gasteiger partial charge in [0.05, 0.1) is 11.3 Å². The lowest BCUT2D eigenvalue weighted by molar-refractivity contribution is -0.136. The van der Waals surface area contributed by atoms with Gasteiger partial charge in [0.25, 0.3) is 5.91 Å². The molecule has 3 rings (SSSR count). The number of hydrogen-bond acceptors (Lipinski definition) is 4. The molecule has 0 aliphatic rings. The van der Waals surface area contributed by atoms with Crippen molar-refractivity contribution < 1.29 is 19.4 Å². The Balaban J connectivity index is 1.80. The van der Waals surface area contributed by atoms with Gasteiger partial charge in [0.1, 0.15) is 11.9 Å². The van der Waals surface area contributed by atoms with Gasteiger partial charge in [0, 0.05) is 11.4 Å². The number of thiophene rings is 1. The number of aliphatic carboxylic acids is 1. The highest BCUT2D eigenvalue weighted by Gasteiger charge is 2.20. The van der Waals surface area contributed by atoms with Crippen LogP contribution in [0.2, 0.25) is 0 Å². The van der Waals surface area contributed by atoms with Crippen LogP contribution in [0.5, 0.6) is 5.75 Å². The fraction of sp³-hybridized carbons (Fsp3) is 0.419. The maximum Gasteiger partial charge on any atom is 0.305 e. The number of hydrogen-bond donors (Lipinski definition) is 2. The van der Waals surface area contributed by atoms with E-state index >= 15 is 0 Å². The molecule has 1 atom stereocenters. The van der Waals surface area contributed by atoms with Crippen LogP contribution in [0, 0.1) is 13.8 Å². The maximum absolute atomic E-state index is 12.4. The first-order chi connectivity index (χ1) is 17.5. The van der Waals surface area contributed by atoms with Gasteiger partial charge in [-0.1, -0.05) is 58.4 Å². The third kappa shape index (κ3) is 7.68. The van der Waals surface area contributed by atoms with Crippen LogP contribution in [0.4, 0.5) is 0 Å². The molecule has 0 saturated heterocycles. The molecule has 1 amide bonds. The van der Waals surface area contributed by atoms with Gasteiger partial charge in [-0.05, 0) is 84.2 Å². The molecule has 3 aromatic rings. The van der Waals surface area contributed by atoms with Crippen LogP contribution in [0.15, 0.2) is 48.5 Å². The quantitative estimate of drug-likeness (QED) is 0.269. The molecule has 0 bridgehead atoms. The molecular formula is C31H39NO4S. The second-order valence-electron chi connectivity index (χ2n) is 10.6. The highest BCUT2D eigenvalue weighted by Crippen LogP contribution is 2.36. The summed E-state index contributed by atoms with van der Waals surface area (Å²) in [4.78, 5) is 24.7. The fourth-order valence-electron chi connectivity index (χ4n) is 4.42. The van der Waals surface area contributed by atoms with Gasteiger partial charge >= 0.3 is 5.97 Å². The molecule has 1 unspecified atom stereocenters. The van der Waals surface area contributed by atoms with Crippen LogP contribution in [-0.4, -0.2) is 23.5 Å². The number of rotatable bonds is 11. The zero-order chi connectivity index (χ0) is 27.2. The summed E-state index contributed by atoms with van der Waals surface area (Å²) in [5, 5.41) is 11.5. The number of carboxylic acids is 1. The van der Waals surface area contributed by atoms with Gasteiger partial charge in [0.2, 0.25) is 0 Å². The summed E-state index contributed by atoms with van der Waals surface area (Å²) in [7, 11) is 0. The van der Waals surface area contributed by atoms with Crippen LogP contribution < -0.4 is 10.1 Å². The van der Waals surface area contributed by atoms with Crippen molar-refractivity contribution in [1.82, 2.24) is 5.32 Å². The van der Waals surface area contributed by atoms with Crippen LogP contribution in [0.25, 0.3) is 11.1 Å². The normalized spacial score (nSPS) is 12.3. The van der Waals surface area contributed by atoms with Gasteiger partial charge < -0.3 is 15.2 Å². The van der Waals surface area contributed by atoms with E-state index in [1.165, 1.54) is 28.0 Å². The number of carbonyl (C=O) groups is 2. The molecule has 37 heavy (non-hydrogen) atoms. The van der Waals surface area contributed by atoms with E-state index in [2.05, 4.69) is 83.3 Å². The van der Waals surface area contributed by atoms with Gasteiger partial charge in [-0.25, -0.2) is 0 Å². The molecule has 1 heterocycles. The number of carbonyl (C=O) groups excluding carboxylic acids is 1. The Bertz CT molecular complexity index is 1200. The van der Waals surface area contributed by atoms with Crippen molar-refractivity contribution in [2.75, 3.05) is 6.54 Å². The minimum Gasteiger partial charge on any atom is -0.485 e. The molecule has 0 saturated carbocycles. The summed E-state index contributed by atoms with van der Waals surface area (Å²) in [6, 6.07) is 16.8. The molecule has 0 aliphatic heterocycles. The molecule has 198 valence electrons. The average Bonchev–Trinajstić information content (AvgIpc) is 3.31. The predicted molar refractivity (Wildman–Crippen MR) is 152 cm³/mol. The average molecular weight is 522 g/mol. The topological polar surface area (TPSA) is 75.6 Å². The molecule has 6 heteroatoms. The Kier molecular flexibility index (Phi) is 9.55. The highest BCUT2D eigenvalue weighted by atomic mass is 32.1. The zero-order valence-electron chi connectivity index (χ0n) is 22.8. The first kappa shape index (κ1) is 28.5. The Morgan fingerprint density at radius 3 is 2.24 bits per heavy atom. The molecular weight excluding hydrogens is 482 g/mol. The van der Waals surface area contributed by atoms with Crippen LogP contribution in [0.1, 0.15) is 90.7 Å². The van der Waals surface area contributed by atoms with Crippen molar-refractivity contribution in [3.63, 3.8) is 0 Å². The standard InChI is InChI=1S/C31H39NO4S/c1-7-8-9-25(26-14-15-27(37-26)30(35)32-17-16-28(33)34)36-24-18-20(2)29(21(3)19-24)22-10-12-23(13-11-22)31(4,5)6/h10-15,18-19,25H,7-9,16-17H2,1-6H3,(H,32,35)(H,33,34). The Morgan fingerprint density at radius 2 is 1.68 bits per heavy atom. The van der Waals surface area contributed by atoms with E-state index < -0.39 is 5.97 Å². The largest absolute Gasteiger partial charge is 0.485 e. The second-order valence-corrected chi connectivity index (χ2v) is 11.7. The Hall–Kier alpha value is -3.12. The SMILES string of the molecule is CCCCC(Oc1cc(C)c(-c2ccc(C(C)(C)C)cc2)c(C)c1)c1ccc(C(=O)NCCC(=O)O)s1. The Morgan fingerprint density at radius 1 is 1.03 bits per heavy atom. The highest BCUT2D eigenvalue weighted by molar-refractivity contribution is 7.14. The van der Waals surface area contributed by atoms with Crippen molar-refractivity contribution in [2.45, 2.75) is 78.7 Å². The van der Waals surface area contributed by atoms with Crippen LogP contribution in [-0.2, 0) is 10.2 Å². The number of nitrogens with one attached hydrogen (secondary N) is 1. The fourth-order valence-corrected chi connectivity index (χ4v) is 5.40. The van der Waals surface area contributed by atoms with E-state index in [0.717, 1.165) is 41.0 Å². The van der Waals surface area contributed by atoms with Crippen molar-refractivity contribution in [1.29, 1.82) is 0 Å². The summed E-state index contributed by atoms with van der Waals surface area (Å²) >= 11 is 1.40. The lowest BCUT2D eigenvalue weighted by Crippen LogP contribution is -2.25. The summed E-state index contributed by atoms with van der Waals surface area (Å²) < 4.78 is 6.53. The smallest absolute Gasteiger partial charge is 0.305 e. The van der Waals surface area contributed by atoms with Crippen molar-refractivity contribution in [3.05, 3.63) is 75.0 Å². The third-order valence-electron chi connectivity index (χ3n) is 6.44. The van der Waals surface area contributed by atoms with Gasteiger partial charge in [-0.3, -0.25) is 9.59 Å². The van der Waals surface area contributed by atoms with E-state index in [1.807, 2.05) is 6.07 Å². The monoisotopic (exact) mass is 521 g/mol. The number of aryl methyl sites for hydroxylation is 2. The molecule has 1 aromatic heterocycles. The summed E-state index contributed by atoms with van der Waals surface area (Å²) in [5.41, 5.74) is 6.20. The lowest BCUT2D eigenvalue weighted by Gasteiger charge is -2.21. The van der Waals surface area contributed by atoms with E-state index in [-0.39, 0.29) is 30.4 Å². The summed E-state index contributed by atoms with van der Waals surface area (Å²) in [6.45, 7) is 13.2. The minimum atomic E-state index is -0.932. The van der Waals surface area contributed by atoms with E-state index in [0.29, 0.717) is 4.88 Å². The first-order valence-corrected chi connectivity index (χ1v) is 13.8. The first-order valence-electron chi connectivity index (χ1n) is 13.0. The maximum atomic E-state index is 12.4. The predicted octanol–water partition coefficient (Wildman–Crippen LogP) is 7.84.